The van der Waals surface area contributed by atoms with Crippen molar-refractivity contribution in [1.82, 2.24) is 10.2 Å². The lowest BCUT2D eigenvalue weighted by atomic mass is 9.48. The number of carbonyl (C=O) groups is 1. The number of carbonyl (C=O) groups excluding carboxylic acids is 1. The van der Waals surface area contributed by atoms with Gasteiger partial charge < -0.3 is 5.32 Å². The van der Waals surface area contributed by atoms with Gasteiger partial charge in [-0.15, -0.1) is 0 Å². The first kappa shape index (κ1) is 19.3. The van der Waals surface area contributed by atoms with Crippen LogP contribution in [-0.4, -0.2) is 42.7 Å². The van der Waals surface area contributed by atoms with Crippen LogP contribution in [0.5, 0.6) is 0 Å². The summed E-state index contributed by atoms with van der Waals surface area (Å²) in [5, 5.41) is 3.04. The number of halogens is 3. The molecular weight excluding hydrogens is 353 g/mol. The van der Waals surface area contributed by atoms with Crippen molar-refractivity contribution in [3.63, 3.8) is 0 Å². The molecule has 1 aliphatic heterocycles. The smallest absolute Gasteiger partial charge is 0.350 e. The highest BCUT2D eigenvalue weighted by molar-refractivity contribution is 5.88. The first-order valence-corrected chi connectivity index (χ1v) is 10.5. The van der Waals surface area contributed by atoms with Crippen LogP contribution >= 0.6 is 0 Å². The topological polar surface area (TPSA) is 32.3 Å². The minimum atomic E-state index is -4.15. The molecule has 0 atom stereocenters. The van der Waals surface area contributed by atoms with E-state index in [2.05, 4.69) is 12.2 Å². The SMILES string of the molecule is C/C(=C\C(=O)NC1CCN(CC(F)(F)F)CC1)C12CC3CC(CC(C3)C1)C2. The Morgan fingerprint density at radius 2 is 1.59 bits per heavy atom. The molecule has 5 aliphatic rings. The summed E-state index contributed by atoms with van der Waals surface area (Å²) in [6.45, 7) is 2.06. The highest BCUT2D eigenvalue weighted by Crippen LogP contribution is 2.62. The minimum absolute atomic E-state index is 0.0117. The molecule has 4 bridgehead atoms. The zero-order chi connectivity index (χ0) is 19.2. The highest BCUT2D eigenvalue weighted by Gasteiger charge is 2.51. The van der Waals surface area contributed by atoms with Crippen LogP contribution in [0.2, 0.25) is 0 Å². The Balaban J connectivity index is 1.30. The Morgan fingerprint density at radius 3 is 2.07 bits per heavy atom. The molecule has 6 heteroatoms. The number of rotatable bonds is 4. The predicted molar refractivity (Wildman–Crippen MR) is 98.0 cm³/mol. The number of amides is 1. The van der Waals surface area contributed by atoms with Gasteiger partial charge in [-0.2, -0.15) is 13.2 Å². The van der Waals surface area contributed by atoms with Gasteiger partial charge in [0.1, 0.15) is 0 Å². The molecule has 3 nitrogen and oxygen atoms in total. The van der Waals surface area contributed by atoms with E-state index < -0.39 is 12.7 Å². The second-order valence-electron chi connectivity index (χ2n) is 9.70. The number of allylic oxidation sites excluding steroid dienone is 1. The van der Waals surface area contributed by atoms with Gasteiger partial charge in [-0.25, -0.2) is 0 Å². The van der Waals surface area contributed by atoms with Crippen LogP contribution < -0.4 is 5.32 Å². The van der Waals surface area contributed by atoms with Crippen molar-refractivity contribution in [2.24, 2.45) is 23.2 Å². The second kappa shape index (κ2) is 7.09. The number of alkyl halides is 3. The predicted octanol–water partition coefficient (Wildman–Crippen LogP) is 4.29. The summed E-state index contributed by atoms with van der Waals surface area (Å²) in [7, 11) is 0. The Bertz CT molecular complexity index is 570. The molecule has 1 N–H and O–H groups in total. The van der Waals surface area contributed by atoms with E-state index in [1.807, 2.05) is 0 Å². The van der Waals surface area contributed by atoms with Crippen molar-refractivity contribution >= 4 is 5.91 Å². The molecular formula is C21H31F3N2O. The van der Waals surface area contributed by atoms with Gasteiger partial charge >= 0.3 is 6.18 Å². The van der Waals surface area contributed by atoms with Crippen molar-refractivity contribution in [3.8, 4) is 0 Å². The lowest BCUT2D eigenvalue weighted by molar-refractivity contribution is -0.148. The van der Waals surface area contributed by atoms with E-state index in [9.17, 15) is 18.0 Å². The maximum absolute atomic E-state index is 12.5. The molecule has 0 spiro atoms. The first-order valence-electron chi connectivity index (χ1n) is 10.5. The fourth-order valence-corrected chi connectivity index (χ4v) is 6.68. The number of likely N-dealkylation sites (tertiary alicyclic amines) is 1. The zero-order valence-corrected chi connectivity index (χ0v) is 16.2. The third kappa shape index (κ3) is 4.36. The van der Waals surface area contributed by atoms with Gasteiger partial charge in [-0.1, -0.05) is 5.57 Å². The minimum Gasteiger partial charge on any atom is -0.350 e. The molecule has 152 valence electrons. The van der Waals surface area contributed by atoms with Crippen molar-refractivity contribution < 1.29 is 18.0 Å². The molecule has 5 fully saturated rings. The lowest BCUT2D eigenvalue weighted by Crippen LogP contribution is -2.48. The fourth-order valence-electron chi connectivity index (χ4n) is 6.68. The van der Waals surface area contributed by atoms with Crippen molar-refractivity contribution in [2.45, 2.75) is 70.5 Å². The van der Waals surface area contributed by atoms with Gasteiger partial charge in [0.25, 0.3) is 0 Å². The van der Waals surface area contributed by atoms with Crippen LogP contribution in [0.3, 0.4) is 0 Å². The summed E-state index contributed by atoms with van der Waals surface area (Å²) in [4.78, 5) is 14.0. The number of nitrogens with zero attached hydrogens (tertiary/aromatic N) is 1. The number of hydrogen-bond donors (Lipinski definition) is 1. The molecule has 1 saturated heterocycles. The van der Waals surface area contributed by atoms with E-state index in [0.717, 1.165) is 17.8 Å². The highest BCUT2D eigenvalue weighted by atomic mass is 19.4. The molecule has 1 amide bonds. The Hall–Kier alpha value is -1.04. The monoisotopic (exact) mass is 384 g/mol. The van der Waals surface area contributed by atoms with Crippen LogP contribution in [0.1, 0.15) is 58.3 Å². The summed E-state index contributed by atoms with van der Waals surface area (Å²) in [6, 6.07) is -0.0117. The lowest BCUT2D eigenvalue weighted by Gasteiger charge is -2.57. The first-order chi connectivity index (χ1) is 12.7. The average molecular weight is 384 g/mol. The Kier molecular flexibility index (Phi) is 5.06. The molecule has 5 rings (SSSR count). The quantitative estimate of drug-likeness (QED) is 0.734. The largest absolute Gasteiger partial charge is 0.401 e. The van der Waals surface area contributed by atoms with E-state index in [1.54, 1.807) is 6.08 Å². The van der Waals surface area contributed by atoms with E-state index >= 15 is 0 Å². The van der Waals surface area contributed by atoms with E-state index in [4.69, 9.17) is 0 Å². The van der Waals surface area contributed by atoms with Crippen LogP contribution in [-0.2, 0) is 4.79 Å². The van der Waals surface area contributed by atoms with Crippen LogP contribution in [0.4, 0.5) is 13.2 Å². The van der Waals surface area contributed by atoms with Gasteiger partial charge in [0, 0.05) is 25.2 Å². The van der Waals surface area contributed by atoms with Gasteiger partial charge in [0.15, 0.2) is 0 Å². The van der Waals surface area contributed by atoms with Crippen molar-refractivity contribution in [1.29, 1.82) is 0 Å². The third-order valence-corrected chi connectivity index (χ3v) is 7.56. The molecule has 0 aromatic carbocycles. The van der Waals surface area contributed by atoms with E-state index in [0.29, 0.717) is 25.9 Å². The molecule has 4 saturated carbocycles. The summed E-state index contributed by atoms with van der Waals surface area (Å²) in [5.74, 6) is 2.49. The van der Waals surface area contributed by atoms with Gasteiger partial charge in [-0.05, 0) is 81.5 Å². The van der Waals surface area contributed by atoms with E-state index in [1.165, 1.54) is 49.0 Å². The maximum Gasteiger partial charge on any atom is 0.401 e. The van der Waals surface area contributed by atoms with Crippen LogP contribution in [0.25, 0.3) is 0 Å². The Morgan fingerprint density at radius 1 is 1.07 bits per heavy atom. The van der Waals surface area contributed by atoms with Crippen molar-refractivity contribution in [3.05, 3.63) is 11.6 Å². The Labute approximate surface area is 159 Å². The molecule has 0 unspecified atom stereocenters. The molecule has 1 heterocycles. The van der Waals surface area contributed by atoms with Crippen LogP contribution in [0, 0.1) is 23.2 Å². The number of piperidine rings is 1. The molecule has 4 aliphatic carbocycles. The van der Waals surface area contributed by atoms with E-state index in [-0.39, 0.29) is 17.4 Å². The summed E-state index contributed by atoms with van der Waals surface area (Å²) >= 11 is 0. The summed E-state index contributed by atoms with van der Waals surface area (Å²) in [6.07, 6.45) is 6.71. The zero-order valence-electron chi connectivity index (χ0n) is 16.2. The average Bonchev–Trinajstić information content (AvgIpc) is 2.54. The molecule has 0 radical (unpaired) electrons. The number of hydrogen-bond acceptors (Lipinski definition) is 2. The van der Waals surface area contributed by atoms with Crippen molar-refractivity contribution in [2.75, 3.05) is 19.6 Å². The normalized spacial score (nSPS) is 37.6. The van der Waals surface area contributed by atoms with Gasteiger partial charge in [-0.3, -0.25) is 9.69 Å². The van der Waals surface area contributed by atoms with Gasteiger partial charge in [0.2, 0.25) is 5.91 Å². The van der Waals surface area contributed by atoms with Crippen LogP contribution in [0.15, 0.2) is 11.6 Å². The summed E-state index contributed by atoms with van der Waals surface area (Å²) in [5.41, 5.74) is 1.47. The summed E-state index contributed by atoms with van der Waals surface area (Å²) < 4.78 is 37.4. The fraction of sp³-hybridized carbons (Fsp3) is 0.857. The molecule has 27 heavy (non-hydrogen) atoms. The van der Waals surface area contributed by atoms with Gasteiger partial charge in [0.05, 0.1) is 6.54 Å². The molecule has 0 aromatic rings. The number of nitrogens with one attached hydrogen (secondary N) is 1. The second-order valence-corrected chi connectivity index (χ2v) is 9.70. The maximum atomic E-state index is 12.5. The third-order valence-electron chi connectivity index (χ3n) is 7.56. The molecule has 0 aromatic heterocycles. The standard InChI is InChI=1S/C21H31F3N2O/c1-14(20-10-15-7-16(11-20)9-17(8-15)12-20)6-19(27)25-18-2-4-26(5-3-18)13-21(22,23)24/h6,15-18H,2-5,7-13H2,1H3,(H,25,27)/b14-6+.